The van der Waals surface area contributed by atoms with Crippen LogP contribution in [-0.2, 0) is 11.2 Å². The normalized spacial score (nSPS) is 20.4. The number of benzene rings is 1. The number of hydrogen-bond donors (Lipinski definition) is 1. The maximum atomic E-state index is 12.0. The van der Waals surface area contributed by atoms with Gasteiger partial charge in [-0.05, 0) is 62.1 Å². The summed E-state index contributed by atoms with van der Waals surface area (Å²) in [5.74, 6) is -0.152. The van der Waals surface area contributed by atoms with E-state index in [1.165, 1.54) is 11.3 Å². The monoisotopic (exact) mass is 336 g/mol. The van der Waals surface area contributed by atoms with Crippen LogP contribution in [0.25, 0.3) is 11.8 Å². The second-order valence-corrected chi connectivity index (χ2v) is 6.86. The predicted molar refractivity (Wildman–Crippen MR) is 97.7 cm³/mol. The van der Waals surface area contributed by atoms with E-state index in [0.29, 0.717) is 23.1 Å². The van der Waals surface area contributed by atoms with Crippen LogP contribution in [0.4, 0.5) is 5.69 Å². The van der Waals surface area contributed by atoms with Crippen LogP contribution in [-0.4, -0.2) is 24.0 Å². The molecule has 0 unspecified atom stereocenters. The number of hydrogen-bond acceptors (Lipinski definition) is 4. The van der Waals surface area contributed by atoms with Gasteiger partial charge in [-0.15, -0.1) is 0 Å². The average Bonchev–Trinajstić information content (AvgIpc) is 2.87. The van der Waals surface area contributed by atoms with Gasteiger partial charge in [0.15, 0.2) is 0 Å². The molecule has 0 fully saturated rings. The molecule has 0 spiro atoms. The summed E-state index contributed by atoms with van der Waals surface area (Å²) in [5.41, 5.74) is 4.46. The number of pyridine rings is 1. The van der Waals surface area contributed by atoms with E-state index >= 15 is 0 Å². The molecular formula is C20H20N2O3. The number of aromatic nitrogens is 1. The summed E-state index contributed by atoms with van der Waals surface area (Å²) in [6, 6.07) is 8.58. The van der Waals surface area contributed by atoms with Crippen molar-refractivity contribution in [1.82, 2.24) is 4.98 Å². The Bertz CT molecular complexity index is 971. The SMILES string of the molecule is Cc1cc2c(c(=O)[nH]1)C(=O)O/C2=C/c1ccc2c(c1)CC[C@H](C)N2C. The smallest absolute Gasteiger partial charge is 0.349 e. The fraction of sp³-hybridized carbons (Fsp3) is 0.300. The lowest BCUT2D eigenvalue weighted by Crippen LogP contribution is -2.33. The summed E-state index contributed by atoms with van der Waals surface area (Å²) in [6.45, 7) is 4.02. The van der Waals surface area contributed by atoms with E-state index in [1.807, 2.05) is 12.1 Å². The van der Waals surface area contributed by atoms with Gasteiger partial charge >= 0.3 is 5.97 Å². The number of aromatic amines is 1. The molecule has 128 valence electrons. The van der Waals surface area contributed by atoms with E-state index in [1.54, 1.807) is 13.0 Å². The predicted octanol–water partition coefficient (Wildman–Crippen LogP) is 3.12. The first-order valence-corrected chi connectivity index (χ1v) is 8.48. The first-order valence-electron chi connectivity index (χ1n) is 8.48. The summed E-state index contributed by atoms with van der Waals surface area (Å²) in [4.78, 5) is 29.0. The van der Waals surface area contributed by atoms with Crippen molar-refractivity contribution in [3.8, 4) is 0 Å². The first kappa shape index (κ1) is 15.7. The van der Waals surface area contributed by atoms with Gasteiger partial charge < -0.3 is 14.6 Å². The summed E-state index contributed by atoms with van der Waals surface area (Å²) in [5, 5.41) is 0. The van der Waals surface area contributed by atoms with Crippen molar-refractivity contribution < 1.29 is 9.53 Å². The van der Waals surface area contributed by atoms with Crippen molar-refractivity contribution in [2.75, 3.05) is 11.9 Å². The molecule has 5 heteroatoms. The molecule has 0 radical (unpaired) electrons. The van der Waals surface area contributed by atoms with E-state index in [0.717, 1.165) is 18.4 Å². The van der Waals surface area contributed by atoms with Crippen LogP contribution >= 0.6 is 0 Å². The van der Waals surface area contributed by atoms with Gasteiger partial charge in [0, 0.05) is 30.0 Å². The Labute approximate surface area is 145 Å². The number of carbonyl (C=O) groups excluding carboxylic acids is 1. The first-order chi connectivity index (χ1) is 11.9. The van der Waals surface area contributed by atoms with Gasteiger partial charge in [0.25, 0.3) is 5.56 Å². The maximum absolute atomic E-state index is 12.0. The number of H-pyrrole nitrogens is 1. The second kappa shape index (κ2) is 5.62. The number of esters is 1. The van der Waals surface area contributed by atoms with Gasteiger partial charge in [-0.1, -0.05) is 6.07 Å². The van der Waals surface area contributed by atoms with E-state index in [-0.39, 0.29) is 5.56 Å². The van der Waals surface area contributed by atoms with Crippen LogP contribution in [0.2, 0.25) is 0 Å². The van der Waals surface area contributed by atoms with E-state index in [9.17, 15) is 9.59 Å². The number of cyclic esters (lactones) is 1. The molecule has 0 saturated heterocycles. The highest BCUT2D eigenvalue weighted by Crippen LogP contribution is 2.33. The summed E-state index contributed by atoms with van der Waals surface area (Å²) >= 11 is 0. The van der Waals surface area contributed by atoms with Crippen LogP contribution in [0.1, 0.15) is 46.1 Å². The number of rotatable bonds is 1. The Morgan fingerprint density at radius 3 is 2.88 bits per heavy atom. The molecule has 5 nitrogen and oxygen atoms in total. The fourth-order valence-electron chi connectivity index (χ4n) is 3.59. The molecule has 1 aromatic carbocycles. The molecule has 2 aromatic rings. The van der Waals surface area contributed by atoms with Crippen LogP contribution in [0.15, 0.2) is 29.1 Å². The number of nitrogens with zero attached hydrogens (tertiary/aromatic N) is 1. The average molecular weight is 336 g/mol. The van der Waals surface area contributed by atoms with Gasteiger partial charge in [0.05, 0.1) is 0 Å². The Balaban J connectivity index is 1.77. The number of carbonyl (C=O) groups is 1. The quantitative estimate of drug-likeness (QED) is 0.813. The Kier molecular flexibility index (Phi) is 3.53. The van der Waals surface area contributed by atoms with Crippen molar-refractivity contribution in [2.24, 2.45) is 0 Å². The Morgan fingerprint density at radius 1 is 1.28 bits per heavy atom. The molecule has 1 aromatic heterocycles. The lowest BCUT2D eigenvalue weighted by Gasteiger charge is -2.34. The third kappa shape index (κ3) is 2.56. The molecule has 0 saturated carbocycles. The van der Waals surface area contributed by atoms with Crippen molar-refractivity contribution in [2.45, 2.75) is 32.7 Å². The van der Waals surface area contributed by atoms with Gasteiger partial charge in [0.2, 0.25) is 0 Å². The molecule has 1 atom stereocenters. The zero-order chi connectivity index (χ0) is 17.7. The van der Waals surface area contributed by atoms with Crippen molar-refractivity contribution in [3.05, 3.63) is 62.6 Å². The van der Waals surface area contributed by atoms with Crippen LogP contribution in [0.3, 0.4) is 0 Å². The van der Waals surface area contributed by atoms with Gasteiger partial charge in [0.1, 0.15) is 11.3 Å². The largest absolute Gasteiger partial charge is 0.422 e. The van der Waals surface area contributed by atoms with E-state index in [2.05, 4.69) is 36.0 Å². The van der Waals surface area contributed by atoms with Gasteiger partial charge in [-0.25, -0.2) is 4.79 Å². The van der Waals surface area contributed by atoms with Gasteiger partial charge in [-0.3, -0.25) is 4.79 Å². The number of nitrogens with one attached hydrogen (secondary N) is 1. The van der Waals surface area contributed by atoms with Crippen molar-refractivity contribution in [3.63, 3.8) is 0 Å². The third-order valence-electron chi connectivity index (χ3n) is 5.11. The number of anilines is 1. The summed E-state index contributed by atoms with van der Waals surface area (Å²) in [6.07, 6.45) is 3.99. The minimum atomic E-state index is -0.589. The number of fused-ring (bicyclic) bond motifs is 2. The lowest BCUT2D eigenvalue weighted by atomic mass is 9.95. The molecule has 4 rings (SSSR count). The second-order valence-electron chi connectivity index (χ2n) is 6.86. The lowest BCUT2D eigenvalue weighted by molar-refractivity contribution is 0.0715. The molecule has 25 heavy (non-hydrogen) atoms. The summed E-state index contributed by atoms with van der Waals surface area (Å²) < 4.78 is 5.35. The highest BCUT2D eigenvalue weighted by atomic mass is 16.5. The van der Waals surface area contributed by atoms with E-state index < -0.39 is 11.5 Å². The highest BCUT2D eigenvalue weighted by Gasteiger charge is 2.30. The minimum absolute atomic E-state index is 0.0865. The van der Waals surface area contributed by atoms with Crippen LogP contribution in [0.5, 0.6) is 0 Å². The van der Waals surface area contributed by atoms with Gasteiger partial charge in [-0.2, -0.15) is 0 Å². The minimum Gasteiger partial charge on any atom is -0.422 e. The maximum Gasteiger partial charge on any atom is 0.349 e. The highest BCUT2D eigenvalue weighted by molar-refractivity contribution is 6.05. The number of aryl methyl sites for hydroxylation is 2. The van der Waals surface area contributed by atoms with Crippen LogP contribution in [0, 0.1) is 6.92 Å². The number of ether oxygens (including phenoxy) is 1. The van der Waals surface area contributed by atoms with Crippen LogP contribution < -0.4 is 10.5 Å². The Hall–Kier alpha value is -2.82. The molecule has 0 bridgehead atoms. The summed E-state index contributed by atoms with van der Waals surface area (Å²) in [7, 11) is 2.12. The van der Waals surface area contributed by atoms with E-state index in [4.69, 9.17) is 4.74 Å². The van der Waals surface area contributed by atoms with Crippen molar-refractivity contribution >= 4 is 23.5 Å². The van der Waals surface area contributed by atoms with Crippen molar-refractivity contribution in [1.29, 1.82) is 0 Å². The molecule has 0 amide bonds. The molecular weight excluding hydrogens is 316 g/mol. The zero-order valence-electron chi connectivity index (χ0n) is 14.6. The molecule has 2 aliphatic heterocycles. The zero-order valence-corrected chi connectivity index (χ0v) is 14.6. The Morgan fingerprint density at radius 2 is 2.08 bits per heavy atom. The third-order valence-corrected chi connectivity index (χ3v) is 5.11. The molecule has 0 aliphatic carbocycles. The topological polar surface area (TPSA) is 62.4 Å². The molecule has 3 heterocycles. The fourth-order valence-corrected chi connectivity index (χ4v) is 3.59. The standard InChI is InChI=1S/C20H20N2O3/c1-11-8-15-17(25-20(24)18(15)19(23)21-11)10-13-5-7-16-14(9-13)6-4-12(2)22(16)3/h5,7-10,12H,4,6H2,1-3H3,(H,21,23)/b17-10+/t12-/m0/s1. The molecule has 2 aliphatic rings. The molecule has 1 N–H and O–H groups in total.